The molecule has 0 spiro atoms. The van der Waals surface area contributed by atoms with Crippen LogP contribution in [0.3, 0.4) is 0 Å². The molecule has 1 rings (SSSR count). The Bertz CT molecular complexity index is 341. The molecule has 0 heterocycles. The zero-order valence-electron chi connectivity index (χ0n) is 8.63. The molecule has 0 saturated carbocycles. The highest BCUT2D eigenvalue weighted by Gasteiger charge is 2.10. The number of quaternary nitrogens is 1. The Morgan fingerprint density at radius 3 is 2.67 bits per heavy atom. The molecule has 4 heteroatoms. The van der Waals surface area contributed by atoms with Crippen LogP contribution >= 0.6 is 0 Å². The van der Waals surface area contributed by atoms with Gasteiger partial charge in [0.25, 0.3) is 0 Å². The Kier molecular flexibility index (Phi) is 4.24. The third-order valence-electron chi connectivity index (χ3n) is 2.29. The number of carboxylic acids is 1. The first-order valence-corrected chi connectivity index (χ1v) is 4.90. The summed E-state index contributed by atoms with van der Waals surface area (Å²) in [6.45, 7) is 2.77. The largest absolute Gasteiger partial charge is 0.544 e. The van der Waals surface area contributed by atoms with Gasteiger partial charge in [0.15, 0.2) is 0 Å². The third-order valence-corrected chi connectivity index (χ3v) is 2.29. The van der Waals surface area contributed by atoms with Crippen LogP contribution < -0.4 is 10.0 Å². The molecule has 1 aromatic carbocycles. The SMILES string of the molecule is CC[NH+](CC(=O)[O-])Cc1ccccc1F. The summed E-state index contributed by atoms with van der Waals surface area (Å²) in [6, 6.07) is 6.40. The molecule has 0 fully saturated rings. The van der Waals surface area contributed by atoms with E-state index in [1.807, 2.05) is 6.92 Å². The summed E-state index contributed by atoms with van der Waals surface area (Å²) >= 11 is 0. The number of rotatable bonds is 5. The summed E-state index contributed by atoms with van der Waals surface area (Å²) in [6.07, 6.45) is 0. The van der Waals surface area contributed by atoms with E-state index in [4.69, 9.17) is 0 Å². The van der Waals surface area contributed by atoms with E-state index in [1.54, 1.807) is 18.2 Å². The van der Waals surface area contributed by atoms with Gasteiger partial charge in [-0.2, -0.15) is 0 Å². The minimum Gasteiger partial charge on any atom is -0.544 e. The fourth-order valence-electron chi connectivity index (χ4n) is 1.43. The minimum absolute atomic E-state index is 0.0924. The Balaban J connectivity index is 2.66. The van der Waals surface area contributed by atoms with E-state index in [2.05, 4.69) is 0 Å². The molecule has 0 radical (unpaired) electrons. The van der Waals surface area contributed by atoms with Crippen LogP contribution in [0.1, 0.15) is 12.5 Å². The molecule has 0 aliphatic rings. The molecule has 0 aliphatic heterocycles. The highest BCUT2D eigenvalue weighted by Crippen LogP contribution is 2.03. The van der Waals surface area contributed by atoms with E-state index in [9.17, 15) is 14.3 Å². The van der Waals surface area contributed by atoms with Gasteiger partial charge >= 0.3 is 0 Å². The van der Waals surface area contributed by atoms with E-state index in [0.29, 0.717) is 18.7 Å². The summed E-state index contributed by atoms with van der Waals surface area (Å²) in [5.74, 6) is -1.40. The van der Waals surface area contributed by atoms with Crippen molar-refractivity contribution in [3.05, 3.63) is 35.6 Å². The predicted molar refractivity (Wildman–Crippen MR) is 51.5 cm³/mol. The molecule has 0 saturated heterocycles. The number of likely N-dealkylation sites (N-methyl/N-ethyl adjacent to an activating group) is 1. The van der Waals surface area contributed by atoms with Crippen molar-refractivity contribution in [2.24, 2.45) is 0 Å². The average Bonchev–Trinajstić information content (AvgIpc) is 2.19. The first kappa shape index (κ1) is 11.7. The number of hydrogen-bond acceptors (Lipinski definition) is 2. The molecular weight excluding hydrogens is 197 g/mol. The van der Waals surface area contributed by atoms with E-state index in [-0.39, 0.29) is 12.4 Å². The quantitative estimate of drug-likeness (QED) is 0.677. The highest BCUT2D eigenvalue weighted by atomic mass is 19.1. The van der Waals surface area contributed by atoms with E-state index in [1.165, 1.54) is 6.07 Å². The molecule has 1 unspecified atom stereocenters. The minimum atomic E-state index is -1.11. The van der Waals surface area contributed by atoms with E-state index < -0.39 is 5.97 Å². The summed E-state index contributed by atoms with van der Waals surface area (Å²) in [5, 5.41) is 10.4. The zero-order chi connectivity index (χ0) is 11.3. The molecule has 0 amide bonds. The van der Waals surface area contributed by atoms with Gasteiger partial charge in [-0.3, -0.25) is 0 Å². The second kappa shape index (κ2) is 5.46. The molecule has 1 atom stereocenters. The maximum atomic E-state index is 13.2. The van der Waals surface area contributed by atoms with Crippen LogP contribution in [0.4, 0.5) is 4.39 Å². The Labute approximate surface area is 88.1 Å². The zero-order valence-corrected chi connectivity index (χ0v) is 8.63. The lowest BCUT2D eigenvalue weighted by Crippen LogP contribution is -3.11. The van der Waals surface area contributed by atoms with Gasteiger partial charge in [0.05, 0.1) is 12.5 Å². The van der Waals surface area contributed by atoms with Crippen molar-refractivity contribution in [3.63, 3.8) is 0 Å². The van der Waals surface area contributed by atoms with Gasteiger partial charge in [0, 0.05) is 5.56 Å². The van der Waals surface area contributed by atoms with Crippen molar-refractivity contribution in [2.45, 2.75) is 13.5 Å². The van der Waals surface area contributed by atoms with Gasteiger partial charge in [0.2, 0.25) is 0 Å². The topological polar surface area (TPSA) is 44.6 Å². The number of carbonyl (C=O) groups excluding carboxylic acids is 1. The number of carbonyl (C=O) groups is 1. The lowest BCUT2D eigenvalue weighted by molar-refractivity contribution is -0.906. The third kappa shape index (κ3) is 3.67. The van der Waals surface area contributed by atoms with Gasteiger partial charge in [-0.25, -0.2) is 4.39 Å². The maximum Gasteiger partial charge on any atom is 0.132 e. The van der Waals surface area contributed by atoms with Crippen molar-refractivity contribution < 1.29 is 19.2 Å². The standard InChI is InChI=1S/C11H14FNO2/c1-2-13(8-11(14)15)7-9-5-3-4-6-10(9)12/h3-6H,2,7-8H2,1H3,(H,14,15). The van der Waals surface area contributed by atoms with E-state index in [0.717, 1.165) is 4.90 Å². The monoisotopic (exact) mass is 211 g/mol. The lowest BCUT2D eigenvalue weighted by Gasteiger charge is -2.18. The number of benzene rings is 1. The lowest BCUT2D eigenvalue weighted by atomic mass is 10.2. The van der Waals surface area contributed by atoms with Crippen molar-refractivity contribution in [3.8, 4) is 0 Å². The summed E-state index contributed by atoms with van der Waals surface area (Å²) in [5.41, 5.74) is 0.538. The van der Waals surface area contributed by atoms with Crippen LogP contribution in [0.25, 0.3) is 0 Å². The van der Waals surface area contributed by atoms with Crippen molar-refractivity contribution in [1.82, 2.24) is 0 Å². The second-order valence-electron chi connectivity index (χ2n) is 3.42. The first-order valence-electron chi connectivity index (χ1n) is 4.90. The Hall–Kier alpha value is -1.42. The number of hydrogen-bond donors (Lipinski definition) is 1. The van der Waals surface area contributed by atoms with E-state index >= 15 is 0 Å². The van der Waals surface area contributed by atoms with Gasteiger partial charge in [-0.1, -0.05) is 18.2 Å². The van der Waals surface area contributed by atoms with Crippen molar-refractivity contribution in [1.29, 1.82) is 0 Å². The molecule has 0 aliphatic carbocycles. The summed E-state index contributed by atoms with van der Waals surface area (Å²) < 4.78 is 13.2. The van der Waals surface area contributed by atoms with Gasteiger partial charge in [0.1, 0.15) is 18.9 Å². The van der Waals surface area contributed by atoms with Crippen LogP contribution in [0, 0.1) is 5.82 Å². The van der Waals surface area contributed by atoms with Crippen LogP contribution in [-0.4, -0.2) is 19.1 Å². The first-order chi connectivity index (χ1) is 7.13. The highest BCUT2D eigenvalue weighted by molar-refractivity contribution is 5.65. The average molecular weight is 211 g/mol. The van der Waals surface area contributed by atoms with Gasteiger partial charge < -0.3 is 14.8 Å². The molecule has 0 aromatic heterocycles. The van der Waals surface area contributed by atoms with Crippen LogP contribution in [0.2, 0.25) is 0 Å². The van der Waals surface area contributed by atoms with Crippen molar-refractivity contribution >= 4 is 5.97 Å². The fraction of sp³-hybridized carbons (Fsp3) is 0.364. The van der Waals surface area contributed by atoms with Gasteiger partial charge in [-0.05, 0) is 13.0 Å². The summed E-state index contributed by atoms with van der Waals surface area (Å²) in [7, 11) is 0. The normalized spacial score (nSPS) is 12.4. The fourth-order valence-corrected chi connectivity index (χ4v) is 1.43. The smallest absolute Gasteiger partial charge is 0.132 e. The number of carboxylic acid groups (broad SMARTS) is 1. The number of halogens is 1. The molecule has 82 valence electrons. The summed E-state index contributed by atoms with van der Waals surface area (Å²) in [4.78, 5) is 11.2. The molecule has 0 bridgehead atoms. The Morgan fingerprint density at radius 2 is 2.13 bits per heavy atom. The predicted octanol–water partition coefficient (Wildman–Crippen LogP) is -1.02. The second-order valence-corrected chi connectivity index (χ2v) is 3.42. The molecule has 1 aromatic rings. The number of nitrogens with one attached hydrogen (secondary N) is 1. The van der Waals surface area contributed by atoms with Crippen molar-refractivity contribution in [2.75, 3.05) is 13.1 Å². The molecular formula is C11H14FNO2. The molecule has 1 N–H and O–H groups in total. The van der Waals surface area contributed by atoms with Gasteiger partial charge in [-0.15, -0.1) is 0 Å². The van der Waals surface area contributed by atoms with Crippen LogP contribution in [-0.2, 0) is 11.3 Å². The Morgan fingerprint density at radius 1 is 1.47 bits per heavy atom. The number of aliphatic carboxylic acids is 1. The van der Waals surface area contributed by atoms with Crippen LogP contribution in [0.5, 0.6) is 0 Å². The molecule has 3 nitrogen and oxygen atoms in total. The van der Waals surface area contributed by atoms with Crippen LogP contribution in [0.15, 0.2) is 24.3 Å². The molecule has 15 heavy (non-hydrogen) atoms. The maximum absolute atomic E-state index is 13.2.